The molecule has 5 heteroatoms. The maximum absolute atomic E-state index is 11.7. The molecule has 0 aliphatic rings. The SMILES string of the molecule is CC(=NNC(=O)COc1cccc(Cl)c1)c1ccccc1. The molecule has 0 heterocycles. The molecule has 21 heavy (non-hydrogen) atoms. The van der Waals surface area contributed by atoms with Crippen LogP contribution >= 0.6 is 11.6 Å². The van der Waals surface area contributed by atoms with Crippen molar-refractivity contribution in [1.82, 2.24) is 5.43 Å². The summed E-state index contributed by atoms with van der Waals surface area (Å²) in [6.45, 7) is 1.71. The standard InChI is InChI=1S/C16H15ClN2O2/c1-12(13-6-3-2-4-7-13)18-19-16(20)11-21-15-9-5-8-14(17)10-15/h2-10H,11H2,1H3,(H,19,20). The average Bonchev–Trinajstić information content (AvgIpc) is 2.51. The summed E-state index contributed by atoms with van der Waals surface area (Å²) in [5, 5.41) is 4.60. The van der Waals surface area contributed by atoms with Crippen molar-refractivity contribution in [1.29, 1.82) is 0 Å². The van der Waals surface area contributed by atoms with Crippen LogP contribution in [-0.4, -0.2) is 18.2 Å². The van der Waals surface area contributed by atoms with Gasteiger partial charge in [-0.1, -0.05) is 48.0 Å². The Balaban J connectivity index is 1.85. The van der Waals surface area contributed by atoms with Crippen molar-refractivity contribution in [3.05, 3.63) is 65.2 Å². The number of hydrogen-bond donors (Lipinski definition) is 1. The topological polar surface area (TPSA) is 50.7 Å². The van der Waals surface area contributed by atoms with E-state index >= 15 is 0 Å². The molecule has 0 spiro atoms. The minimum atomic E-state index is -0.328. The lowest BCUT2D eigenvalue weighted by molar-refractivity contribution is -0.123. The number of carbonyl (C=O) groups is 1. The van der Waals surface area contributed by atoms with Crippen LogP contribution in [-0.2, 0) is 4.79 Å². The third-order valence-electron chi connectivity index (χ3n) is 2.71. The highest BCUT2D eigenvalue weighted by Gasteiger charge is 2.03. The maximum Gasteiger partial charge on any atom is 0.277 e. The first-order valence-corrected chi connectivity index (χ1v) is 6.80. The minimum absolute atomic E-state index is 0.119. The molecule has 1 N–H and O–H groups in total. The van der Waals surface area contributed by atoms with Crippen LogP contribution in [0.2, 0.25) is 5.02 Å². The fraction of sp³-hybridized carbons (Fsp3) is 0.125. The van der Waals surface area contributed by atoms with E-state index in [2.05, 4.69) is 10.5 Å². The summed E-state index contributed by atoms with van der Waals surface area (Å²) < 4.78 is 5.32. The highest BCUT2D eigenvalue weighted by atomic mass is 35.5. The largest absolute Gasteiger partial charge is 0.484 e. The van der Waals surface area contributed by atoms with E-state index in [1.165, 1.54) is 0 Å². The summed E-state index contributed by atoms with van der Waals surface area (Å²) in [6.07, 6.45) is 0. The average molecular weight is 303 g/mol. The van der Waals surface area contributed by atoms with Crippen LogP contribution in [0.3, 0.4) is 0 Å². The first-order valence-electron chi connectivity index (χ1n) is 6.42. The predicted octanol–water partition coefficient (Wildman–Crippen LogP) is 3.26. The second-order valence-corrected chi connectivity index (χ2v) is 4.78. The van der Waals surface area contributed by atoms with E-state index in [1.807, 2.05) is 37.3 Å². The number of amides is 1. The third-order valence-corrected chi connectivity index (χ3v) is 2.94. The van der Waals surface area contributed by atoms with E-state index in [4.69, 9.17) is 16.3 Å². The highest BCUT2D eigenvalue weighted by molar-refractivity contribution is 6.30. The van der Waals surface area contributed by atoms with Crippen molar-refractivity contribution in [3.63, 3.8) is 0 Å². The zero-order chi connectivity index (χ0) is 15.1. The molecule has 2 aromatic carbocycles. The van der Waals surface area contributed by atoms with Gasteiger partial charge in [-0.25, -0.2) is 5.43 Å². The fourth-order valence-corrected chi connectivity index (χ4v) is 1.81. The van der Waals surface area contributed by atoms with Crippen molar-refractivity contribution in [2.45, 2.75) is 6.92 Å². The summed E-state index contributed by atoms with van der Waals surface area (Å²) in [5.74, 6) is 0.215. The van der Waals surface area contributed by atoms with Gasteiger partial charge < -0.3 is 4.74 Å². The van der Waals surface area contributed by atoms with Crippen LogP contribution in [0.4, 0.5) is 0 Å². The van der Waals surface area contributed by atoms with Gasteiger partial charge in [0.25, 0.3) is 5.91 Å². The van der Waals surface area contributed by atoms with Gasteiger partial charge in [0.15, 0.2) is 6.61 Å². The number of hydrazone groups is 1. The van der Waals surface area contributed by atoms with Crippen LogP contribution in [0.1, 0.15) is 12.5 Å². The van der Waals surface area contributed by atoms with Gasteiger partial charge in [0.05, 0.1) is 5.71 Å². The summed E-state index contributed by atoms with van der Waals surface area (Å²) in [6, 6.07) is 16.5. The van der Waals surface area contributed by atoms with Gasteiger partial charge >= 0.3 is 0 Å². The van der Waals surface area contributed by atoms with Gasteiger partial charge in [-0.2, -0.15) is 5.10 Å². The predicted molar refractivity (Wildman–Crippen MR) is 83.7 cm³/mol. The molecule has 0 unspecified atom stereocenters. The molecule has 0 atom stereocenters. The number of nitrogens with zero attached hydrogens (tertiary/aromatic N) is 1. The Bertz CT molecular complexity index is 642. The van der Waals surface area contributed by atoms with Gasteiger partial charge in [0.2, 0.25) is 0 Å². The number of nitrogens with one attached hydrogen (secondary N) is 1. The molecule has 1 amide bonds. The van der Waals surface area contributed by atoms with E-state index in [0.29, 0.717) is 10.8 Å². The van der Waals surface area contributed by atoms with Crippen molar-refractivity contribution < 1.29 is 9.53 Å². The molecule has 2 rings (SSSR count). The van der Waals surface area contributed by atoms with Gasteiger partial charge in [-0.05, 0) is 30.7 Å². The van der Waals surface area contributed by atoms with E-state index in [9.17, 15) is 4.79 Å². The molecule has 4 nitrogen and oxygen atoms in total. The Hall–Kier alpha value is -2.33. The molecular formula is C16H15ClN2O2. The number of rotatable bonds is 5. The van der Waals surface area contributed by atoms with E-state index in [1.54, 1.807) is 24.3 Å². The lowest BCUT2D eigenvalue weighted by atomic mass is 10.1. The normalized spacial score (nSPS) is 11.0. The number of ether oxygens (including phenoxy) is 1. The Morgan fingerprint density at radius 1 is 1.19 bits per heavy atom. The lowest BCUT2D eigenvalue weighted by Gasteiger charge is -2.06. The Kier molecular flexibility index (Phi) is 5.35. The molecule has 0 aromatic heterocycles. The number of carbonyl (C=O) groups excluding carboxylic acids is 1. The Morgan fingerprint density at radius 2 is 1.95 bits per heavy atom. The monoisotopic (exact) mass is 302 g/mol. The van der Waals surface area contributed by atoms with Crippen LogP contribution in [0, 0.1) is 0 Å². The van der Waals surface area contributed by atoms with Crippen molar-refractivity contribution in [2.75, 3.05) is 6.61 Å². The molecule has 0 fully saturated rings. The molecule has 0 bridgehead atoms. The summed E-state index contributed by atoms with van der Waals surface area (Å²) in [7, 11) is 0. The quantitative estimate of drug-likeness (QED) is 0.681. The van der Waals surface area contributed by atoms with Gasteiger partial charge in [0.1, 0.15) is 5.75 Å². The third kappa shape index (κ3) is 4.93. The summed E-state index contributed by atoms with van der Waals surface area (Å²) >= 11 is 5.83. The molecule has 108 valence electrons. The Labute approximate surface area is 128 Å². The van der Waals surface area contributed by atoms with Gasteiger partial charge in [-0.3, -0.25) is 4.79 Å². The molecule has 0 aliphatic heterocycles. The summed E-state index contributed by atoms with van der Waals surface area (Å²) in [4.78, 5) is 11.7. The van der Waals surface area contributed by atoms with Crippen LogP contribution in [0.15, 0.2) is 59.7 Å². The first kappa shape index (κ1) is 15.1. The zero-order valence-electron chi connectivity index (χ0n) is 11.5. The number of benzene rings is 2. The molecule has 2 aromatic rings. The second kappa shape index (κ2) is 7.45. The number of hydrogen-bond acceptors (Lipinski definition) is 3. The second-order valence-electron chi connectivity index (χ2n) is 4.34. The van der Waals surface area contributed by atoms with Crippen LogP contribution in [0.5, 0.6) is 5.75 Å². The highest BCUT2D eigenvalue weighted by Crippen LogP contribution is 2.16. The van der Waals surface area contributed by atoms with Crippen molar-refractivity contribution >= 4 is 23.2 Å². The Morgan fingerprint density at radius 3 is 2.67 bits per heavy atom. The molecule has 0 aliphatic carbocycles. The van der Waals surface area contributed by atoms with Crippen LogP contribution < -0.4 is 10.2 Å². The van der Waals surface area contributed by atoms with Gasteiger partial charge in [-0.15, -0.1) is 0 Å². The zero-order valence-corrected chi connectivity index (χ0v) is 12.3. The summed E-state index contributed by atoms with van der Waals surface area (Å²) in [5.41, 5.74) is 4.14. The van der Waals surface area contributed by atoms with E-state index < -0.39 is 0 Å². The minimum Gasteiger partial charge on any atom is -0.484 e. The fourth-order valence-electron chi connectivity index (χ4n) is 1.63. The smallest absolute Gasteiger partial charge is 0.277 e. The van der Waals surface area contributed by atoms with Gasteiger partial charge in [0, 0.05) is 5.02 Å². The molecule has 0 saturated heterocycles. The van der Waals surface area contributed by atoms with Crippen molar-refractivity contribution in [2.24, 2.45) is 5.10 Å². The van der Waals surface area contributed by atoms with Crippen molar-refractivity contribution in [3.8, 4) is 5.75 Å². The lowest BCUT2D eigenvalue weighted by Crippen LogP contribution is -2.25. The number of halogens is 1. The first-order chi connectivity index (χ1) is 10.1. The van der Waals surface area contributed by atoms with Crippen LogP contribution in [0.25, 0.3) is 0 Å². The molecule has 0 radical (unpaired) electrons. The molecule has 0 saturated carbocycles. The maximum atomic E-state index is 11.7. The van der Waals surface area contributed by atoms with E-state index in [-0.39, 0.29) is 12.5 Å². The molecular weight excluding hydrogens is 288 g/mol. The van der Waals surface area contributed by atoms with E-state index in [0.717, 1.165) is 11.3 Å².